The fourth-order valence-electron chi connectivity index (χ4n) is 3.11. The van der Waals surface area contributed by atoms with Crippen LogP contribution in [0.5, 0.6) is 5.75 Å². The van der Waals surface area contributed by atoms with Gasteiger partial charge in [-0.2, -0.15) is 4.31 Å². The van der Waals surface area contributed by atoms with Crippen LogP contribution < -0.4 is 15.0 Å². The zero-order chi connectivity index (χ0) is 20.3. The average molecular weight is 426 g/mol. The molecule has 1 aromatic carbocycles. The molecular formula is C18H24ClN5O3S. The van der Waals surface area contributed by atoms with Crippen LogP contribution in [0.25, 0.3) is 0 Å². The van der Waals surface area contributed by atoms with E-state index in [1.807, 2.05) is 25.1 Å². The van der Waals surface area contributed by atoms with Gasteiger partial charge in [-0.05, 0) is 31.0 Å². The van der Waals surface area contributed by atoms with Crippen LogP contribution in [0.2, 0.25) is 5.02 Å². The second-order valence-electron chi connectivity index (χ2n) is 6.77. The quantitative estimate of drug-likeness (QED) is 0.760. The molecule has 1 aliphatic rings. The molecule has 2 heterocycles. The number of rotatable bonds is 6. The van der Waals surface area contributed by atoms with E-state index in [0.717, 1.165) is 11.6 Å². The molecule has 1 N–H and O–H groups in total. The predicted octanol–water partition coefficient (Wildman–Crippen LogP) is 2.47. The lowest BCUT2D eigenvalue weighted by atomic mass is 10.1. The highest BCUT2D eigenvalue weighted by Gasteiger charge is 2.31. The van der Waals surface area contributed by atoms with Crippen molar-refractivity contribution < 1.29 is 13.2 Å². The molecule has 0 saturated carbocycles. The SMILES string of the molecule is COc1ccc(Cl)cc1S(=O)(=O)N1CCC(Nc2cc(N(C)C)ncn2)CC1. The second-order valence-corrected chi connectivity index (χ2v) is 9.12. The highest BCUT2D eigenvalue weighted by atomic mass is 35.5. The highest BCUT2D eigenvalue weighted by molar-refractivity contribution is 7.89. The molecule has 1 saturated heterocycles. The molecule has 10 heteroatoms. The lowest BCUT2D eigenvalue weighted by Gasteiger charge is -2.32. The van der Waals surface area contributed by atoms with E-state index in [2.05, 4.69) is 15.3 Å². The minimum Gasteiger partial charge on any atom is -0.495 e. The van der Waals surface area contributed by atoms with E-state index in [0.29, 0.717) is 36.7 Å². The number of piperidine rings is 1. The zero-order valence-corrected chi connectivity index (χ0v) is 17.7. The topological polar surface area (TPSA) is 87.7 Å². The standard InChI is InChI=1S/C18H24ClN5O3S/c1-23(2)18-11-17(20-12-21-18)22-14-6-8-24(9-7-14)28(25,26)16-10-13(19)4-5-15(16)27-3/h4-5,10-12,14H,6-9H2,1-3H3,(H,20,21,22). The number of halogens is 1. The Morgan fingerprint density at radius 3 is 2.57 bits per heavy atom. The number of hydrogen-bond donors (Lipinski definition) is 1. The Balaban J connectivity index is 1.68. The molecule has 0 radical (unpaired) electrons. The van der Waals surface area contributed by atoms with E-state index < -0.39 is 10.0 Å². The van der Waals surface area contributed by atoms with Gasteiger partial charge in [-0.25, -0.2) is 18.4 Å². The van der Waals surface area contributed by atoms with Crippen molar-refractivity contribution in [2.75, 3.05) is 44.5 Å². The van der Waals surface area contributed by atoms with Gasteiger partial charge in [0.2, 0.25) is 10.0 Å². The lowest BCUT2D eigenvalue weighted by molar-refractivity contribution is 0.327. The summed E-state index contributed by atoms with van der Waals surface area (Å²) in [7, 11) is 1.60. The third-order valence-corrected chi connectivity index (χ3v) is 6.82. The van der Waals surface area contributed by atoms with Crippen LogP contribution >= 0.6 is 11.6 Å². The van der Waals surface area contributed by atoms with Gasteiger partial charge < -0.3 is 15.0 Å². The van der Waals surface area contributed by atoms with E-state index in [9.17, 15) is 8.42 Å². The predicted molar refractivity (Wildman–Crippen MR) is 110 cm³/mol. The van der Waals surface area contributed by atoms with E-state index in [-0.39, 0.29) is 10.9 Å². The van der Waals surface area contributed by atoms with Crippen LogP contribution in [0.4, 0.5) is 11.6 Å². The van der Waals surface area contributed by atoms with Crippen molar-refractivity contribution in [3.8, 4) is 5.75 Å². The molecule has 0 unspecified atom stereocenters. The molecule has 2 aromatic rings. The Morgan fingerprint density at radius 1 is 1.21 bits per heavy atom. The van der Waals surface area contributed by atoms with Crippen molar-refractivity contribution in [3.63, 3.8) is 0 Å². The molecule has 1 aliphatic heterocycles. The van der Waals surface area contributed by atoms with Gasteiger partial charge in [-0.15, -0.1) is 0 Å². The van der Waals surface area contributed by atoms with Gasteiger partial charge in [0.15, 0.2) is 0 Å². The maximum absolute atomic E-state index is 13.0. The van der Waals surface area contributed by atoms with Gasteiger partial charge >= 0.3 is 0 Å². The number of anilines is 2. The van der Waals surface area contributed by atoms with Crippen LogP contribution in [0.1, 0.15) is 12.8 Å². The van der Waals surface area contributed by atoms with Gasteiger partial charge in [-0.3, -0.25) is 0 Å². The molecule has 3 rings (SSSR count). The van der Waals surface area contributed by atoms with Crippen molar-refractivity contribution in [3.05, 3.63) is 35.6 Å². The van der Waals surface area contributed by atoms with Gasteiger partial charge in [0.05, 0.1) is 7.11 Å². The maximum Gasteiger partial charge on any atom is 0.246 e. The van der Waals surface area contributed by atoms with Crippen LogP contribution in [0, 0.1) is 0 Å². The summed E-state index contributed by atoms with van der Waals surface area (Å²) >= 11 is 6.00. The summed E-state index contributed by atoms with van der Waals surface area (Å²) in [6, 6.07) is 6.63. The van der Waals surface area contributed by atoms with E-state index in [4.69, 9.17) is 16.3 Å². The second kappa shape index (κ2) is 8.50. The molecule has 152 valence electrons. The molecule has 28 heavy (non-hydrogen) atoms. The molecule has 0 amide bonds. The van der Waals surface area contributed by atoms with Crippen LogP contribution in [-0.4, -0.2) is 63.0 Å². The summed E-state index contributed by atoms with van der Waals surface area (Å²) in [4.78, 5) is 10.5. The van der Waals surface area contributed by atoms with Gasteiger partial charge in [0.25, 0.3) is 0 Å². The zero-order valence-electron chi connectivity index (χ0n) is 16.1. The molecule has 1 fully saturated rings. The van der Waals surface area contributed by atoms with E-state index >= 15 is 0 Å². The number of methoxy groups -OCH3 is 1. The third-order valence-electron chi connectivity index (χ3n) is 4.66. The molecule has 0 aliphatic carbocycles. The molecular weight excluding hydrogens is 402 g/mol. The first kappa shape index (κ1) is 20.6. The minimum absolute atomic E-state index is 0.0975. The van der Waals surface area contributed by atoms with Crippen molar-refractivity contribution in [2.24, 2.45) is 0 Å². The van der Waals surface area contributed by atoms with Crippen molar-refractivity contribution in [1.29, 1.82) is 0 Å². The van der Waals surface area contributed by atoms with Crippen LogP contribution in [0.15, 0.2) is 35.5 Å². The monoisotopic (exact) mass is 425 g/mol. The summed E-state index contributed by atoms with van der Waals surface area (Å²) < 4.78 is 32.8. The number of hydrogen-bond acceptors (Lipinski definition) is 7. The van der Waals surface area contributed by atoms with Crippen LogP contribution in [0.3, 0.4) is 0 Å². The number of nitrogens with one attached hydrogen (secondary N) is 1. The fraction of sp³-hybridized carbons (Fsp3) is 0.444. The van der Waals surface area contributed by atoms with Crippen molar-refractivity contribution >= 4 is 33.3 Å². The molecule has 8 nitrogen and oxygen atoms in total. The Labute approximate surface area is 170 Å². The van der Waals surface area contributed by atoms with Gasteiger partial charge in [0, 0.05) is 44.3 Å². The summed E-state index contributed by atoms with van der Waals surface area (Å²) in [5, 5.41) is 3.73. The summed E-state index contributed by atoms with van der Waals surface area (Å²) in [5.74, 6) is 1.84. The Hall–Kier alpha value is -2.10. The number of nitrogens with zero attached hydrogens (tertiary/aromatic N) is 4. The first-order valence-corrected chi connectivity index (χ1v) is 10.7. The van der Waals surface area contributed by atoms with Gasteiger partial charge in [0.1, 0.15) is 28.6 Å². The van der Waals surface area contributed by atoms with E-state index in [1.165, 1.54) is 23.8 Å². The number of aromatic nitrogens is 2. The number of ether oxygens (including phenoxy) is 1. The number of sulfonamides is 1. The maximum atomic E-state index is 13.0. The van der Waals surface area contributed by atoms with Gasteiger partial charge in [-0.1, -0.05) is 11.6 Å². The highest BCUT2D eigenvalue weighted by Crippen LogP contribution is 2.31. The summed E-state index contributed by atoms with van der Waals surface area (Å²) in [6.07, 6.45) is 2.86. The average Bonchev–Trinajstić information content (AvgIpc) is 2.68. The Kier molecular flexibility index (Phi) is 6.26. The molecule has 1 aromatic heterocycles. The summed E-state index contributed by atoms with van der Waals surface area (Å²) in [5.41, 5.74) is 0. The Morgan fingerprint density at radius 2 is 1.93 bits per heavy atom. The largest absolute Gasteiger partial charge is 0.495 e. The molecule has 0 spiro atoms. The first-order valence-electron chi connectivity index (χ1n) is 8.91. The van der Waals surface area contributed by atoms with Crippen molar-refractivity contribution in [2.45, 2.75) is 23.8 Å². The number of benzene rings is 1. The van der Waals surface area contributed by atoms with Crippen molar-refractivity contribution in [1.82, 2.24) is 14.3 Å². The molecule has 0 bridgehead atoms. The Bertz CT molecular complexity index is 931. The first-order chi connectivity index (χ1) is 13.3. The van der Waals surface area contributed by atoms with E-state index in [1.54, 1.807) is 12.1 Å². The molecule has 0 atom stereocenters. The third kappa shape index (κ3) is 4.48. The smallest absolute Gasteiger partial charge is 0.246 e. The summed E-state index contributed by atoms with van der Waals surface area (Å²) in [6.45, 7) is 0.808. The normalized spacial score (nSPS) is 16.0. The van der Waals surface area contributed by atoms with Crippen LogP contribution in [-0.2, 0) is 10.0 Å². The lowest BCUT2D eigenvalue weighted by Crippen LogP contribution is -2.42. The minimum atomic E-state index is -3.68. The fourth-order valence-corrected chi connectivity index (χ4v) is 5.00.